The van der Waals surface area contributed by atoms with E-state index in [1.165, 1.54) is 0 Å². The predicted molar refractivity (Wildman–Crippen MR) is 67.5 cm³/mol. The monoisotopic (exact) mass is 253 g/mol. The quantitative estimate of drug-likeness (QED) is 0.826. The maximum atomic E-state index is 11.4. The van der Waals surface area contributed by atoms with Gasteiger partial charge >= 0.3 is 0 Å². The summed E-state index contributed by atoms with van der Waals surface area (Å²) in [7, 11) is 0. The summed E-state index contributed by atoms with van der Waals surface area (Å²) >= 11 is 5.93. The Bertz CT molecular complexity index is 420. The molecule has 0 unspecified atom stereocenters. The largest absolute Gasteiger partial charge is 0.492 e. The normalized spacial score (nSPS) is 15.4. The van der Waals surface area contributed by atoms with Gasteiger partial charge in [0.25, 0.3) is 0 Å². The molecule has 92 valence electrons. The van der Waals surface area contributed by atoms with Gasteiger partial charge in [-0.1, -0.05) is 11.6 Å². The minimum atomic E-state index is 0.237. The average Bonchev–Trinajstić information content (AvgIpc) is 2.70. The molecule has 1 aliphatic rings. The second-order valence-electron chi connectivity index (χ2n) is 4.24. The molecule has 1 aromatic rings. The lowest BCUT2D eigenvalue weighted by Crippen LogP contribution is -2.29. The number of hydrogen-bond acceptors (Lipinski definition) is 2. The van der Waals surface area contributed by atoms with Gasteiger partial charge < -0.3 is 9.64 Å². The molecule has 17 heavy (non-hydrogen) atoms. The van der Waals surface area contributed by atoms with Crippen molar-refractivity contribution in [3.8, 4) is 5.75 Å². The van der Waals surface area contributed by atoms with E-state index in [0.717, 1.165) is 29.3 Å². The van der Waals surface area contributed by atoms with Crippen LogP contribution >= 0.6 is 11.6 Å². The molecule has 1 aromatic carbocycles. The predicted octanol–water partition coefficient (Wildman–Crippen LogP) is 2.65. The Morgan fingerprint density at radius 1 is 1.47 bits per heavy atom. The molecule has 0 aromatic heterocycles. The molecule has 2 rings (SSSR count). The van der Waals surface area contributed by atoms with Crippen molar-refractivity contribution in [2.24, 2.45) is 0 Å². The number of halogens is 1. The van der Waals surface area contributed by atoms with Gasteiger partial charge in [-0.25, -0.2) is 0 Å². The first-order valence-corrected chi connectivity index (χ1v) is 6.21. The van der Waals surface area contributed by atoms with E-state index in [-0.39, 0.29) is 5.91 Å². The highest BCUT2D eigenvalue weighted by atomic mass is 35.5. The average molecular weight is 254 g/mol. The number of likely N-dealkylation sites (tertiary alicyclic amines) is 1. The summed E-state index contributed by atoms with van der Waals surface area (Å²) < 4.78 is 5.60. The van der Waals surface area contributed by atoms with Gasteiger partial charge in [-0.05, 0) is 37.1 Å². The fraction of sp³-hybridized carbons (Fsp3) is 0.462. The van der Waals surface area contributed by atoms with Crippen LogP contribution in [-0.2, 0) is 4.79 Å². The molecule has 1 amide bonds. The molecule has 1 fully saturated rings. The lowest BCUT2D eigenvalue weighted by Gasteiger charge is -2.16. The number of ether oxygens (including phenoxy) is 1. The summed E-state index contributed by atoms with van der Waals surface area (Å²) in [6.07, 6.45) is 1.65. The Morgan fingerprint density at radius 2 is 2.29 bits per heavy atom. The van der Waals surface area contributed by atoms with Crippen molar-refractivity contribution >= 4 is 17.5 Å². The fourth-order valence-corrected chi connectivity index (χ4v) is 2.04. The topological polar surface area (TPSA) is 29.5 Å². The number of carbonyl (C=O) groups is 1. The van der Waals surface area contributed by atoms with Crippen molar-refractivity contribution in [2.45, 2.75) is 19.8 Å². The highest BCUT2D eigenvalue weighted by Gasteiger charge is 2.19. The number of nitrogens with zero attached hydrogens (tertiary/aromatic N) is 1. The molecule has 0 radical (unpaired) electrons. The van der Waals surface area contributed by atoms with E-state index in [1.807, 2.05) is 30.0 Å². The van der Waals surface area contributed by atoms with Crippen LogP contribution in [-0.4, -0.2) is 30.5 Å². The lowest BCUT2D eigenvalue weighted by atomic mass is 10.2. The van der Waals surface area contributed by atoms with Gasteiger partial charge in [-0.15, -0.1) is 0 Å². The number of amides is 1. The lowest BCUT2D eigenvalue weighted by molar-refractivity contribution is -0.128. The Hall–Kier alpha value is -1.22. The zero-order valence-corrected chi connectivity index (χ0v) is 10.7. The van der Waals surface area contributed by atoms with Crippen molar-refractivity contribution in [3.05, 3.63) is 28.8 Å². The minimum Gasteiger partial charge on any atom is -0.492 e. The number of rotatable bonds is 4. The molecule has 0 N–H and O–H groups in total. The van der Waals surface area contributed by atoms with Gasteiger partial charge in [0.05, 0.1) is 6.54 Å². The highest BCUT2D eigenvalue weighted by Crippen LogP contribution is 2.21. The number of aryl methyl sites for hydroxylation is 1. The Kier molecular flexibility index (Phi) is 3.89. The molecule has 0 spiro atoms. The van der Waals surface area contributed by atoms with Crippen LogP contribution in [0, 0.1) is 6.92 Å². The SMILES string of the molecule is Cc1cc(OCCN2CCCC2=O)ccc1Cl. The summed E-state index contributed by atoms with van der Waals surface area (Å²) in [6, 6.07) is 5.59. The number of hydrogen-bond donors (Lipinski definition) is 0. The molecular weight excluding hydrogens is 238 g/mol. The van der Waals surface area contributed by atoms with Gasteiger partial charge in [-0.3, -0.25) is 4.79 Å². The van der Waals surface area contributed by atoms with Crippen LogP contribution < -0.4 is 4.74 Å². The maximum absolute atomic E-state index is 11.4. The van der Waals surface area contributed by atoms with Crippen molar-refractivity contribution in [3.63, 3.8) is 0 Å². The molecule has 0 bridgehead atoms. The Labute approximate surface area is 106 Å². The number of benzene rings is 1. The first kappa shape index (κ1) is 12.2. The second kappa shape index (κ2) is 5.41. The molecule has 0 aliphatic carbocycles. The molecule has 0 atom stereocenters. The fourth-order valence-electron chi connectivity index (χ4n) is 1.92. The minimum absolute atomic E-state index is 0.237. The first-order chi connectivity index (χ1) is 8.16. The van der Waals surface area contributed by atoms with Gasteiger partial charge in [0.15, 0.2) is 0 Å². The van der Waals surface area contributed by atoms with E-state index in [1.54, 1.807) is 0 Å². The van der Waals surface area contributed by atoms with Crippen LogP contribution in [0.3, 0.4) is 0 Å². The smallest absolute Gasteiger partial charge is 0.222 e. The molecular formula is C13H16ClNO2. The van der Waals surface area contributed by atoms with Crippen LogP contribution in [0.2, 0.25) is 5.02 Å². The Balaban J connectivity index is 1.81. The summed E-state index contributed by atoms with van der Waals surface area (Å²) in [4.78, 5) is 13.2. The maximum Gasteiger partial charge on any atom is 0.222 e. The van der Waals surface area contributed by atoms with E-state index in [9.17, 15) is 4.79 Å². The van der Waals surface area contributed by atoms with Gasteiger partial charge in [0, 0.05) is 18.0 Å². The Morgan fingerprint density at radius 3 is 2.94 bits per heavy atom. The zero-order valence-electron chi connectivity index (χ0n) is 9.91. The third-order valence-electron chi connectivity index (χ3n) is 2.93. The van der Waals surface area contributed by atoms with Crippen molar-refractivity contribution in [1.29, 1.82) is 0 Å². The van der Waals surface area contributed by atoms with Gasteiger partial charge in [-0.2, -0.15) is 0 Å². The molecule has 1 heterocycles. The van der Waals surface area contributed by atoms with Crippen LogP contribution in [0.15, 0.2) is 18.2 Å². The van der Waals surface area contributed by atoms with Gasteiger partial charge in [0.1, 0.15) is 12.4 Å². The van der Waals surface area contributed by atoms with E-state index in [0.29, 0.717) is 19.6 Å². The van der Waals surface area contributed by atoms with Gasteiger partial charge in [0.2, 0.25) is 5.91 Å². The molecule has 0 saturated carbocycles. The van der Waals surface area contributed by atoms with E-state index in [4.69, 9.17) is 16.3 Å². The van der Waals surface area contributed by atoms with Crippen LogP contribution in [0.4, 0.5) is 0 Å². The summed E-state index contributed by atoms with van der Waals surface area (Å²) in [6.45, 7) is 4.01. The molecule has 3 nitrogen and oxygen atoms in total. The standard InChI is InChI=1S/C13H16ClNO2/c1-10-9-11(4-5-12(10)14)17-8-7-15-6-2-3-13(15)16/h4-5,9H,2-3,6-8H2,1H3. The molecule has 1 saturated heterocycles. The highest BCUT2D eigenvalue weighted by molar-refractivity contribution is 6.31. The van der Waals surface area contributed by atoms with Crippen LogP contribution in [0.25, 0.3) is 0 Å². The van der Waals surface area contributed by atoms with Crippen molar-refractivity contribution in [2.75, 3.05) is 19.7 Å². The molecule has 1 aliphatic heterocycles. The zero-order chi connectivity index (χ0) is 12.3. The third kappa shape index (κ3) is 3.13. The summed E-state index contributed by atoms with van der Waals surface area (Å²) in [5.41, 5.74) is 1.00. The summed E-state index contributed by atoms with van der Waals surface area (Å²) in [5.74, 6) is 1.04. The second-order valence-corrected chi connectivity index (χ2v) is 4.65. The third-order valence-corrected chi connectivity index (χ3v) is 3.35. The summed E-state index contributed by atoms with van der Waals surface area (Å²) in [5, 5.41) is 0.743. The van der Waals surface area contributed by atoms with E-state index in [2.05, 4.69) is 0 Å². The van der Waals surface area contributed by atoms with Crippen molar-refractivity contribution in [1.82, 2.24) is 4.90 Å². The van der Waals surface area contributed by atoms with Crippen molar-refractivity contribution < 1.29 is 9.53 Å². The molecule has 4 heteroatoms. The van der Waals surface area contributed by atoms with E-state index >= 15 is 0 Å². The van der Waals surface area contributed by atoms with Crippen LogP contribution in [0.5, 0.6) is 5.75 Å². The number of carbonyl (C=O) groups excluding carboxylic acids is 1. The van der Waals surface area contributed by atoms with E-state index < -0.39 is 0 Å². The van der Waals surface area contributed by atoms with Crippen LogP contribution in [0.1, 0.15) is 18.4 Å². The first-order valence-electron chi connectivity index (χ1n) is 5.83.